The van der Waals surface area contributed by atoms with Crippen LogP contribution in [0.1, 0.15) is 131 Å². The summed E-state index contributed by atoms with van der Waals surface area (Å²) in [6, 6.07) is 29.7. The second-order valence-electron chi connectivity index (χ2n) is 26.3. The van der Waals surface area contributed by atoms with Gasteiger partial charge in [-0.25, -0.2) is 0 Å². The Morgan fingerprint density at radius 1 is 0.364 bits per heavy atom. The van der Waals surface area contributed by atoms with Gasteiger partial charge in [-0.1, -0.05) is 60.7 Å². The van der Waals surface area contributed by atoms with E-state index in [0.29, 0.717) is 117 Å². The number of nitrogens with zero attached hydrogens (tertiary/aromatic N) is 7. The van der Waals surface area contributed by atoms with E-state index in [2.05, 4.69) is 0 Å². The van der Waals surface area contributed by atoms with Crippen LogP contribution in [0.3, 0.4) is 0 Å². The minimum absolute atomic E-state index is 0.0160. The molecular weight excluding hydrogens is 1380 g/mol. The van der Waals surface area contributed by atoms with Crippen molar-refractivity contribution in [3.05, 3.63) is 159 Å². The SMILES string of the molecule is Nc1ccc(CCC(=O)N2CCC2)cc1.Nc1ccc(CCC(=O)N2CCC2)cc1.O=C(CCCOCCOCCC(=O)Cc1ccc(CCC(=O)N2CCC2)cc1)CCN1C(=O)C=CC1=O.O=C(CCc1ccc([N+](=O)[O-])cc1)N1CCC1.O=C(O)CCOCCOCCCC(=O)CCN1C(=O)C=CC1=O. The maximum Gasteiger partial charge on any atom is 0.305 e. The minimum atomic E-state index is -0.905. The van der Waals surface area contributed by atoms with Gasteiger partial charge in [-0.05, 0) is 116 Å². The number of nitro benzene ring substituents is 1. The van der Waals surface area contributed by atoms with Crippen LogP contribution in [0.4, 0.5) is 17.1 Å². The molecule has 0 spiro atoms. The summed E-state index contributed by atoms with van der Waals surface area (Å²) in [5.41, 5.74) is 18.2. The zero-order chi connectivity index (χ0) is 77.1. The molecule has 4 aromatic rings. The van der Waals surface area contributed by atoms with Gasteiger partial charge >= 0.3 is 5.97 Å². The van der Waals surface area contributed by atoms with Crippen molar-refractivity contribution in [2.24, 2.45) is 0 Å². The molecule has 4 saturated heterocycles. The average Bonchev–Trinajstić information content (AvgIpc) is 1.82. The molecule has 5 N–H and O–H groups in total. The van der Waals surface area contributed by atoms with E-state index in [1.54, 1.807) is 12.1 Å². The summed E-state index contributed by atoms with van der Waals surface area (Å²) in [5, 5.41) is 18.9. The summed E-state index contributed by atoms with van der Waals surface area (Å²) in [6.07, 6.45) is 17.3. The number of amides is 8. The van der Waals surface area contributed by atoms with E-state index >= 15 is 0 Å². The summed E-state index contributed by atoms with van der Waals surface area (Å²) in [6.45, 7) is 10.2. The molecule has 28 heteroatoms. The molecule has 0 aliphatic carbocycles. The van der Waals surface area contributed by atoms with Crippen LogP contribution in [0.15, 0.2) is 121 Å². The van der Waals surface area contributed by atoms with E-state index in [9.17, 15) is 67.6 Å². The number of imide groups is 2. The number of rotatable bonds is 41. The number of likely N-dealkylation sites (tertiary alicyclic amines) is 4. The third-order valence-corrected chi connectivity index (χ3v) is 18.1. The van der Waals surface area contributed by atoms with Gasteiger partial charge in [0.25, 0.3) is 29.3 Å². The molecule has 28 nitrogen and oxygen atoms in total. The van der Waals surface area contributed by atoms with Gasteiger partial charge in [0, 0.05) is 191 Å². The highest BCUT2D eigenvalue weighted by Gasteiger charge is 2.26. The smallest absolute Gasteiger partial charge is 0.305 e. The Hall–Kier alpha value is -10.2. The normalized spacial score (nSPS) is 14.5. The maximum absolute atomic E-state index is 12.2. The third-order valence-electron chi connectivity index (χ3n) is 18.1. The van der Waals surface area contributed by atoms with Crippen molar-refractivity contribution in [3.63, 3.8) is 0 Å². The standard InChI is InChI=1S/C28H36N2O7.C15H21NO7.C12H14N2O3.2C12H16N2O/c31-24(12-16-30-27(34)10-11-28(30)35)3-1-17-36-19-20-37-18-13-25(32)21-23-6-4-22(5-7-23)8-9-26(33)29-14-2-15-29;17-12(5-7-16-13(18)3-4-14(16)19)2-1-8-22-10-11-23-9-6-15(20)21;15-12(13-8-1-9-13)7-4-10-2-5-11(6-3-10)14(16)17;2*13-11-5-2-10(3-6-11)4-7-12(15)14-8-1-9-14/h4-7,10-11H,1-3,8-9,12-21H2;3-4H,1-2,5-11H2,(H,20,21);2-3,5-6H,1,4,7-9H2;2*2-3,5-6H,1,4,7-9,13H2. The van der Waals surface area contributed by atoms with Gasteiger partial charge in [-0.3, -0.25) is 77.4 Å². The summed E-state index contributed by atoms with van der Waals surface area (Å²) in [7, 11) is 0. The number of nitro groups is 1. The van der Waals surface area contributed by atoms with Gasteiger partial charge in [0.1, 0.15) is 17.3 Å². The topological polar surface area (TPSA) is 377 Å². The fourth-order valence-electron chi connectivity index (χ4n) is 11.0. The van der Waals surface area contributed by atoms with E-state index in [1.165, 1.54) is 47.6 Å². The quantitative estimate of drug-likeness (QED) is 0.0135. The number of carbonyl (C=O) groups excluding carboxylic acids is 11. The number of non-ortho nitro benzene ring substituents is 1. The number of hydrogen-bond donors (Lipinski definition) is 3. The first kappa shape index (κ1) is 85.8. The number of ketones is 3. The molecule has 0 atom stereocenters. The van der Waals surface area contributed by atoms with E-state index < -0.39 is 10.9 Å². The van der Waals surface area contributed by atoms with Crippen LogP contribution < -0.4 is 11.5 Å². The number of carboxylic acid groups (broad SMARTS) is 1. The first-order chi connectivity index (χ1) is 51.6. The van der Waals surface area contributed by atoms with Gasteiger partial charge in [0.15, 0.2) is 0 Å². The Balaban J connectivity index is 0.000000221. The number of nitrogens with two attached hydrogens (primary N) is 2. The zero-order valence-electron chi connectivity index (χ0n) is 61.2. The molecular formula is C79H103N9O19. The van der Waals surface area contributed by atoms with Crippen LogP contribution in [0.2, 0.25) is 0 Å². The molecule has 4 aromatic carbocycles. The lowest BCUT2D eigenvalue weighted by Crippen LogP contribution is -2.42. The molecule has 107 heavy (non-hydrogen) atoms. The van der Waals surface area contributed by atoms with Crippen LogP contribution in [-0.2, 0) is 109 Å². The molecule has 6 aliphatic heterocycles. The number of benzene rings is 4. The summed E-state index contributed by atoms with van der Waals surface area (Å²) >= 11 is 0. The lowest BCUT2D eigenvalue weighted by molar-refractivity contribution is -0.384. The Morgan fingerprint density at radius 3 is 0.953 bits per heavy atom. The van der Waals surface area contributed by atoms with Crippen LogP contribution in [-0.4, -0.2) is 228 Å². The number of carboxylic acids is 1. The van der Waals surface area contributed by atoms with Crippen LogP contribution in [0, 0.1) is 10.1 Å². The molecule has 0 saturated carbocycles. The van der Waals surface area contributed by atoms with E-state index in [-0.39, 0.29) is 109 Å². The minimum Gasteiger partial charge on any atom is -0.481 e. The monoisotopic (exact) mass is 1480 g/mol. The first-order valence-corrected chi connectivity index (χ1v) is 36.9. The molecule has 6 heterocycles. The number of hydrogen-bond acceptors (Lipinski definition) is 20. The Labute approximate surface area is 624 Å². The molecule has 0 aromatic heterocycles. The largest absolute Gasteiger partial charge is 0.481 e. The van der Waals surface area contributed by atoms with Gasteiger partial charge in [-0.2, -0.15) is 0 Å². The molecule has 8 amide bonds. The fourth-order valence-corrected chi connectivity index (χ4v) is 11.0. The predicted molar refractivity (Wildman–Crippen MR) is 398 cm³/mol. The third kappa shape index (κ3) is 33.9. The van der Waals surface area contributed by atoms with Crippen LogP contribution in [0.5, 0.6) is 0 Å². The average molecular weight is 1480 g/mol. The molecule has 4 fully saturated rings. The second kappa shape index (κ2) is 48.1. The zero-order valence-corrected chi connectivity index (χ0v) is 61.2. The number of carbonyl (C=O) groups is 12. The van der Waals surface area contributed by atoms with Crippen molar-refractivity contribution in [3.8, 4) is 0 Å². The fraction of sp³-hybridized carbons (Fsp3) is 0.494. The van der Waals surface area contributed by atoms with Gasteiger partial charge in [0.2, 0.25) is 23.6 Å². The molecule has 0 radical (unpaired) electrons. The maximum atomic E-state index is 12.2. The molecule has 6 aliphatic rings. The highest BCUT2D eigenvalue weighted by molar-refractivity contribution is 6.13. The van der Waals surface area contributed by atoms with Crippen LogP contribution >= 0.6 is 0 Å². The number of ether oxygens (including phenoxy) is 4. The lowest BCUT2D eigenvalue weighted by atomic mass is 10.0. The predicted octanol–water partition coefficient (Wildman–Crippen LogP) is 6.84. The summed E-state index contributed by atoms with van der Waals surface area (Å²) in [5.74, 6) is -1.41. The van der Waals surface area contributed by atoms with Crippen LogP contribution in [0.25, 0.3) is 0 Å². The van der Waals surface area contributed by atoms with Gasteiger partial charge < -0.3 is 55.1 Å². The highest BCUT2D eigenvalue weighted by Crippen LogP contribution is 2.19. The first-order valence-electron chi connectivity index (χ1n) is 36.9. The number of nitrogen functional groups attached to an aromatic ring is 2. The Morgan fingerprint density at radius 2 is 0.654 bits per heavy atom. The number of Topliss-reactive ketones (excluding diaryl/α,β-unsaturated/α-hetero) is 3. The van der Waals surface area contributed by atoms with E-state index in [4.69, 9.17) is 35.5 Å². The molecule has 0 unspecified atom stereocenters. The number of anilines is 2. The highest BCUT2D eigenvalue weighted by atomic mass is 16.6. The van der Waals surface area contributed by atoms with Crippen molar-refractivity contribution >= 4 is 87.6 Å². The van der Waals surface area contributed by atoms with Gasteiger partial charge in [0.05, 0.1) is 51.0 Å². The van der Waals surface area contributed by atoms with Crippen molar-refractivity contribution < 1.29 is 86.5 Å². The number of aliphatic carboxylic acids is 1. The molecule has 578 valence electrons. The Kier molecular flexibility index (Phi) is 38.6. The Bertz CT molecular complexity index is 3520. The van der Waals surface area contributed by atoms with E-state index in [0.717, 1.165) is 135 Å². The number of aryl methyl sites for hydroxylation is 4. The molecule has 10 rings (SSSR count). The van der Waals surface area contributed by atoms with E-state index in [1.807, 2.05) is 92.4 Å². The molecule has 0 bridgehead atoms. The lowest BCUT2D eigenvalue weighted by Gasteiger charge is -2.30. The van der Waals surface area contributed by atoms with Gasteiger partial charge in [-0.15, -0.1) is 0 Å². The summed E-state index contributed by atoms with van der Waals surface area (Å²) in [4.78, 5) is 158. The van der Waals surface area contributed by atoms with Crippen molar-refractivity contribution in [1.29, 1.82) is 0 Å². The van der Waals surface area contributed by atoms with Crippen molar-refractivity contribution in [2.45, 2.75) is 135 Å². The summed E-state index contributed by atoms with van der Waals surface area (Å²) < 4.78 is 21.2. The van der Waals surface area contributed by atoms with Crippen molar-refractivity contribution in [2.75, 3.05) is 130 Å². The van der Waals surface area contributed by atoms with Crippen molar-refractivity contribution in [1.82, 2.24) is 29.4 Å². The second-order valence-corrected chi connectivity index (χ2v) is 26.3.